The van der Waals surface area contributed by atoms with Crippen LogP contribution in [0.4, 0.5) is 5.69 Å². The van der Waals surface area contributed by atoms with Crippen LogP contribution in [0.5, 0.6) is 0 Å². The lowest BCUT2D eigenvalue weighted by Crippen LogP contribution is -2.08. The van der Waals surface area contributed by atoms with Gasteiger partial charge in [-0.3, -0.25) is 10.1 Å². The molecule has 15 heavy (non-hydrogen) atoms. The first-order chi connectivity index (χ1) is 7.07. The van der Waals surface area contributed by atoms with Crippen LogP contribution in [-0.2, 0) is 4.74 Å². The van der Waals surface area contributed by atoms with Crippen LogP contribution in [0.15, 0.2) is 16.9 Å². The van der Waals surface area contributed by atoms with Gasteiger partial charge in [-0.25, -0.2) is 9.78 Å². The SMILES string of the molecule is CCOC(=O)c1ccnc(Br)c1[N+](=O)[O-]. The highest BCUT2D eigenvalue weighted by molar-refractivity contribution is 9.10. The van der Waals surface area contributed by atoms with Gasteiger partial charge in [0.25, 0.3) is 0 Å². The number of pyridine rings is 1. The van der Waals surface area contributed by atoms with Gasteiger partial charge in [-0.05, 0) is 28.9 Å². The molecule has 0 aliphatic rings. The Bertz CT molecular complexity index is 408. The zero-order valence-electron chi connectivity index (χ0n) is 7.77. The van der Waals surface area contributed by atoms with Crippen molar-refractivity contribution in [1.82, 2.24) is 4.98 Å². The predicted octanol–water partition coefficient (Wildman–Crippen LogP) is 1.93. The predicted molar refractivity (Wildman–Crippen MR) is 54.5 cm³/mol. The van der Waals surface area contributed by atoms with Crippen LogP contribution in [-0.4, -0.2) is 22.5 Å². The molecule has 0 saturated carbocycles. The Labute approximate surface area is 93.5 Å². The number of nitro groups is 1. The van der Waals surface area contributed by atoms with Crippen LogP contribution < -0.4 is 0 Å². The molecule has 6 nitrogen and oxygen atoms in total. The third-order valence-electron chi connectivity index (χ3n) is 1.56. The minimum absolute atomic E-state index is 0.0121. The second-order valence-corrected chi connectivity index (χ2v) is 3.23. The van der Waals surface area contributed by atoms with Gasteiger partial charge < -0.3 is 4.74 Å². The fourth-order valence-corrected chi connectivity index (χ4v) is 1.45. The molecule has 0 radical (unpaired) electrons. The number of esters is 1. The average molecular weight is 275 g/mol. The largest absolute Gasteiger partial charge is 0.462 e. The molecule has 0 N–H and O–H groups in total. The summed E-state index contributed by atoms with van der Waals surface area (Å²) in [7, 11) is 0. The number of ether oxygens (including phenoxy) is 1. The number of aromatic nitrogens is 1. The minimum atomic E-state index is -0.729. The summed E-state index contributed by atoms with van der Waals surface area (Å²) >= 11 is 2.91. The number of rotatable bonds is 3. The standard InChI is InChI=1S/C8H7BrN2O4/c1-2-15-8(12)5-3-4-10-7(9)6(5)11(13)14/h3-4H,2H2,1H3. The summed E-state index contributed by atoms with van der Waals surface area (Å²) in [5.74, 6) is -0.729. The van der Waals surface area contributed by atoms with Crippen molar-refractivity contribution in [3.8, 4) is 0 Å². The van der Waals surface area contributed by atoms with E-state index in [2.05, 4.69) is 25.7 Å². The number of nitrogens with zero attached hydrogens (tertiary/aromatic N) is 2. The highest BCUT2D eigenvalue weighted by atomic mass is 79.9. The summed E-state index contributed by atoms with van der Waals surface area (Å²) in [6.07, 6.45) is 1.29. The molecule has 1 aromatic rings. The number of carbonyl (C=O) groups excluding carboxylic acids is 1. The maximum Gasteiger partial charge on any atom is 0.345 e. The first-order valence-corrected chi connectivity index (χ1v) is 4.83. The summed E-state index contributed by atoms with van der Waals surface area (Å²) in [5, 5.41) is 10.7. The average Bonchev–Trinajstić information content (AvgIpc) is 2.17. The van der Waals surface area contributed by atoms with Crippen molar-refractivity contribution in [3.05, 3.63) is 32.5 Å². The molecule has 80 valence electrons. The Morgan fingerprint density at radius 3 is 2.93 bits per heavy atom. The number of carbonyl (C=O) groups is 1. The van der Waals surface area contributed by atoms with Crippen molar-refractivity contribution in [2.24, 2.45) is 0 Å². The fourth-order valence-electron chi connectivity index (χ4n) is 0.976. The first-order valence-electron chi connectivity index (χ1n) is 4.04. The molecule has 1 heterocycles. The van der Waals surface area contributed by atoms with Crippen molar-refractivity contribution in [1.29, 1.82) is 0 Å². The molecule has 0 aromatic carbocycles. The van der Waals surface area contributed by atoms with E-state index in [1.165, 1.54) is 12.3 Å². The van der Waals surface area contributed by atoms with Crippen molar-refractivity contribution in [2.45, 2.75) is 6.92 Å². The maximum absolute atomic E-state index is 11.3. The minimum Gasteiger partial charge on any atom is -0.462 e. The van der Waals surface area contributed by atoms with Crippen LogP contribution in [0.3, 0.4) is 0 Å². The van der Waals surface area contributed by atoms with E-state index >= 15 is 0 Å². The second-order valence-electron chi connectivity index (χ2n) is 2.48. The number of hydrogen-bond acceptors (Lipinski definition) is 5. The van der Waals surface area contributed by atoms with Crippen molar-refractivity contribution < 1.29 is 14.5 Å². The topological polar surface area (TPSA) is 82.3 Å². The molecule has 0 aliphatic heterocycles. The lowest BCUT2D eigenvalue weighted by Gasteiger charge is -2.02. The van der Waals surface area contributed by atoms with Gasteiger partial charge in [0.2, 0.25) is 0 Å². The quantitative estimate of drug-likeness (QED) is 0.364. The van der Waals surface area contributed by atoms with E-state index in [0.29, 0.717) is 0 Å². The van der Waals surface area contributed by atoms with Crippen LogP contribution in [0.2, 0.25) is 0 Å². The van der Waals surface area contributed by atoms with Crippen LogP contribution >= 0.6 is 15.9 Å². The van der Waals surface area contributed by atoms with Gasteiger partial charge in [-0.15, -0.1) is 0 Å². The second kappa shape index (κ2) is 4.83. The monoisotopic (exact) mass is 274 g/mol. The first kappa shape index (κ1) is 11.6. The van der Waals surface area contributed by atoms with E-state index in [9.17, 15) is 14.9 Å². The lowest BCUT2D eigenvalue weighted by molar-refractivity contribution is -0.386. The summed E-state index contributed by atoms with van der Waals surface area (Å²) in [6.45, 7) is 1.79. The molecule has 1 rings (SSSR count). The Balaban J connectivity index is 3.23. The van der Waals surface area contributed by atoms with Crippen LogP contribution in [0.25, 0.3) is 0 Å². The van der Waals surface area contributed by atoms with E-state index in [-0.39, 0.29) is 22.5 Å². The van der Waals surface area contributed by atoms with E-state index in [0.717, 1.165) is 0 Å². The van der Waals surface area contributed by atoms with E-state index in [1.54, 1.807) is 6.92 Å². The van der Waals surface area contributed by atoms with Gasteiger partial charge in [0.05, 0.1) is 11.5 Å². The zero-order chi connectivity index (χ0) is 11.4. The van der Waals surface area contributed by atoms with Crippen LogP contribution in [0, 0.1) is 10.1 Å². The van der Waals surface area contributed by atoms with Gasteiger partial charge in [-0.2, -0.15) is 0 Å². The highest BCUT2D eigenvalue weighted by Crippen LogP contribution is 2.26. The molecule has 0 bridgehead atoms. The molecule has 7 heteroatoms. The van der Waals surface area contributed by atoms with Gasteiger partial charge in [0.15, 0.2) is 4.60 Å². The lowest BCUT2D eigenvalue weighted by atomic mass is 10.2. The van der Waals surface area contributed by atoms with Crippen LogP contribution in [0.1, 0.15) is 17.3 Å². The number of halogens is 1. The molecule has 0 amide bonds. The summed E-state index contributed by atoms with van der Waals surface area (Å²) in [4.78, 5) is 25.0. The molecule has 0 atom stereocenters. The number of hydrogen-bond donors (Lipinski definition) is 0. The van der Waals surface area contributed by atoms with Crippen molar-refractivity contribution in [2.75, 3.05) is 6.61 Å². The Morgan fingerprint density at radius 1 is 1.73 bits per heavy atom. The zero-order valence-corrected chi connectivity index (χ0v) is 9.35. The Hall–Kier alpha value is -1.50. The molecule has 0 saturated heterocycles. The van der Waals surface area contributed by atoms with Gasteiger partial charge in [-0.1, -0.05) is 0 Å². The fraction of sp³-hybridized carbons (Fsp3) is 0.250. The molecular formula is C8H7BrN2O4. The summed E-state index contributed by atoms with van der Waals surface area (Å²) in [6, 6.07) is 1.25. The van der Waals surface area contributed by atoms with E-state index in [1.807, 2.05) is 0 Å². The summed E-state index contributed by atoms with van der Waals surface area (Å²) < 4.78 is 4.69. The third-order valence-corrected chi connectivity index (χ3v) is 2.14. The maximum atomic E-state index is 11.3. The van der Waals surface area contributed by atoms with Crippen molar-refractivity contribution in [3.63, 3.8) is 0 Å². The molecule has 0 aliphatic carbocycles. The van der Waals surface area contributed by atoms with Gasteiger partial charge >= 0.3 is 11.7 Å². The highest BCUT2D eigenvalue weighted by Gasteiger charge is 2.25. The molecule has 0 fully saturated rings. The van der Waals surface area contributed by atoms with E-state index in [4.69, 9.17) is 0 Å². The summed E-state index contributed by atoms with van der Waals surface area (Å²) in [5.41, 5.74) is -0.486. The normalized spacial score (nSPS) is 9.73. The molecule has 0 unspecified atom stereocenters. The molecular weight excluding hydrogens is 268 g/mol. The Kier molecular flexibility index (Phi) is 3.73. The van der Waals surface area contributed by atoms with Crippen molar-refractivity contribution >= 4 is 27.6 Å². The smallest absolute Gasteiger partial charge is 0.345 e. The van der Waals surface area contributed by atoms with Gasteiger partial charge in [0, 0.05) is 6.20 Å². The molecule has 0 spiro atoms. The van der Waals surface area contributed by atoms with Gasteiger partial charge in [0.1, 0.15) is 5.56 Å². The molecule has 1 aromatic heterocycles. The Morgan fingerprint density at radius 2 is 2.40 bits per heavy atom. The third kappa shape index (κ3) is 2.50. The van der Waals surface area contributed by atoms with E-state index < -0.39 is 10.9 Å².